The molecule has 1 aromatic rings. The van der Waals surface area contributed by atoms with Crippen molar-refractivity contribution < 1.29 is 8.42 Å². The van der Waals surface area contributed by atoms with Crippen LogP contribution in [0.5, 0.6) is 0 Å². The van der Waals surface area contributed by atoms with Gasteiger partial charge in [0.25, 0.3) is 0 Å². The number of nitrogens with two attached hydrogens (primary N) is 1. The Hall–Kier alpha value is -0.0800. The van der Waals surface area contributed by atoms with E-state index in [9.17, 15) is 8.42 Å². The van der Waals surface area contributed by atoms with Gasteiger partial charge in [0, 0.05) is 18.3 Å². The first kappa shape index (κ1) is 11.4. The van der Waals surface area contributed by atoms with Crippen molar-refractivity contribution in [3.8, 4) is 0 Å². The van der Waals surface area contributed by atoms with E-state index in [1.54, 1.807) is 17.8 Å². The normalized spacial score (nSPS) is 22.1. The number of thiophene rings is 1. The summed E-state index contributed by atoms with van der Waals surface area (Å²) in [6.45, 7) is 2.97. The van der Waals surface area contributed by atoms with E-state index in [-0.39, 0.29) is 10.3 Å². The fourth-order valence-corrected chi connectivity index (χ4v) is 4.90. The fraction of sp³-hybridized carbons (Fsp3) is 0.500. The van der Waals surface area contributed by atoms with Crippen LogP contribution < -0.4 is 10.5 Å². The zero-order chi connectivity index (χ0) is 11.1. The van der Waals surface area contributed by atoms with Crippen molar-refractivity contribution in [2.45, 2.75) is 21.4 Å². The molecule has 3 N–H and O–H groups in total. The SMILES string of the molecule is C[C@@H]1NCCSc2sc(S(N)(=O)=O)cc21. The van der Waals surface area contributed by atoms with Crippen LogP contribution in [0.25, 0.3) is 0 Å². The molecular weight excluding hydrogens is 252 g/mol. The second-order valence-electron chi connectivity index (χ2n) is 3.38. The lowest BCUT2D eigenvalue weighted by molar-refractivity contribution is 0.596. The largest absolute Gasteiger partial charge is 0.309 e. The maximum absolute atomic E-state index is 11.2. The van der Waals surface area contributed by atoms with Crippen molar-refractivity contribution in [1.82, 2.24) is 5.32 Å². The van der Waals surface area contributed by atoms with Crippen LogP contribution in [0.2, 0.25) is 0 Å². The predicted molar refractivity (Wildman–Crippen MR) is 62.8 cm³/mol. The number of fused-ring (bicyclic) bond motifs is 1. The maximum Gasteiger partial charge on any atom is 0.247 e. The van der Waals surface area contributed by atoms with Crippen LogP contribution in [0.15, 0.2) is 14.5 Å². The summed E-state index contributed by atoms with van der Waals surface area (Å²) in [5, 5.41) is 8.42. The quantitative estimate of drug-likeness (QED) is 0.798. The van der Waals surface area contributed by atoms with Gasteiger partial charge in [0.1, 0.15) is 4.21 Å². The van der Waals surface area contributed by atoms with Gasteiger partial charge in [0.15, 0.2) is 0 Å². The molecule has 0 aliphatic carbocycles. The van der Waals surface area contributed by atoms with Crippen LogP contribution in [0.3, 0.4) is 0 Å². The van der Waals surface area contributed by atoms with Crippen LogP contribution in [0.4, 0.5) is 0 Å². The Bertz CT molecular complexity index is 466. The molecule has 84 valence electrons. The number of hydrogen-bond acceptors (Lipinski definition) is 5. The molecule has 0 amide bonds. The molecule has 0 unspecified atom stereocenters. The van der Waals surface area contributed by atoms with Crippen LogP contribution in [-0.2, 0) is 10.0 Å². The molecule has 2 rings (SSSR count). The van der Waals surface area contributed by atoms with Crippen molar-refractivity contribution in [2.75, 3.05) is 12.3 Å². The summed E-state index contributed by atoms with van der Waals surface area (Å²) in [4.78, 5) is 0. The van der Waals surface area contributed by atoms with Gasteiger partial charge in [-0.25, -0.2) is 13.6 Å². The van der Waals surface area contributed by atoms with E-state index in [1.165, 1.54) is 11.3 Å². The summed E-state index contributed by atoms with van der Waals surface area (Å²) < 4.78 is 23.7. The smallest absolute Gasteiger partial charge is 0.247 e. The van der Waals surface area contributed by atoms with Gasteiger partial charge in [-0.05, 0) is 18.6 Å². The Morgan fingerprint density at radius 1 is 1.60 bits per heavy atom. The molecule has 1 aliphatic heterocycles. The molecule has 1 aromatic heterocycles. The Balaban J connectivity index is 2.47. The zero-order valence-electron chi connectivity index (χ0n) is 8.19. The summed E-state index contributed by atoms with van der Waals surface area (Å²) in [6, 6.07) is 1.88. The van der Waals surface area contributed by atoms with Crippen molar-refractivity contribution >= 4 is 33.1 Å². The Morgan fingerprint density at radius 2 is 2.33 bits per heavy atom. The lowest BCUT2D eigenvalue weighted by atomic mass is 10.2. The highest BCUT2D eigenvalue weighted by Gasteiger charge is 2.22. The Labute approximate surface area is 97.3 Å². The molecule has 0 saturated carbocycles. The number of thioether (sulfide) groups is 1. The molecule has 7 heteroatoms. The third kappa shape index (κ3) is 2.36. The van der Waals surface area contributed by atoms with E-state index in [4.69, 9.17) is 5.14 Å². The van der Waals surface area contributed by atoms with Crippen LogP contribution in [-0.4, -0.2) is 20.7 Å². The van der Waals surface area contributed by atoms with E-state index in [1.807, 2.05) is 6.92 Å². The van der Waals surface area contributed by atoms with Gasteiger partial charge < -0.3 is 5.32 Å². The Kier molecular flexibility index (Phi) is 3.09. The summed E-state index contributed by atoms with van der Waals surface area (Å²) in [5.41, 5.74) is 1.05. The third-order valence-electron chi connectivity index (χ3n) is 2.24. The Morgan fingerprint density at radius 3 is 3.00 bits per heavy atom. The van der Waals surface area contributed by atoms with Crippen molar-refractivity contribution in [3.63, 3.8) is 0 Å². The van der Waals surface area contributed by atoms with Gasteiger partial charge in [-0.15, -0.1) is 23.1 Å². The van der Waals surface area contributed by atoms with Gasteiger partial charge in [-0.2, -0.15) is 0 Å². The van der Waals surface area contributed by atoms with E-state index in [0.717, 1.165) is 22.1 Å². The number of hydrogen-bond donors (Lipinski definition) is 2. The van der Waals surface area contributed by atoms with Crippen molar-refractivity contribution in [3.05, 3.63) is 11.6 Å². The lowest BCUT2D eigenvalue weighted by Crippen LogP contribution is -2.19. The minimum absolute atomic E-state index is 0.196. The molecule has 4 nitrogen and oxygen atoms in total. The molecule has 1 atom stereocenters. The molecule has 0 saturated heterocycles. The predicted octanol–water partition coefficient (Wildman–Crippen LogP) is 1.15. The molecule has 0 spiro atoms. The van der Waals surface area contributed by atoms with E-state index in [0.29, 0.717) is 0 Å². The molecular formula is C8H12N2O2S3. The molecule has 0 fully saturated rings. The highest BCUT2D eigenvalue weighted by molar-refractivity contribution is 8.01. The lowest BCUT2D eigenvalue weighted by Gasteiger charge is -2.08. The van der Waals surface area contributed by atoms with Gasteiger partial charge in [-0.1, -0.05) is 0 Å². The standard InChI is InChI=1S/C8H12N2O2S3/c1-5-6-4-7(15(9,11)12)14-8(6)13-3-2-10-5/h4-5,10H,2-3H2,1H3,(H2,9,11,12)/t5-/m0/s1. The third-order valence-corrected chi connectivity index (χ3v) is 6.11. The van der Waals surface area contributed by atoms with E-state index < -0.39 is 10.0 Å². The second-order valence-corrected chi connectivity index (χ2v) is 7.58. The molecule has 0 aromatic carbocycles. The average molecular weight is 264 g/mol. The number of primary sulfonamides is 1. The molecule has 0 radical (unpaired) electrons. The zero-order valence-corrected chi connectivity index (χ0v) is 10.6. The van der Waals surface area contributed by atoms with E-state index in [2.05, 4.69) is 5.32 Å². The van der Waals surface area contributed by atoms with Gasteiger partial charge in [0.2, 0.25) is 10.0 Å². The average Bonchev–Trinajstić information content (AvgIpc) is 2.49. The first-order valence-electron chi connectivity index (χ1n) is 4.51. The summed E-state index contributed by atoms with van der Waals surface area (Å²) in [6.07, 6.45) is 0. The number of rotatable bonds is 1. The topological polar surface area (TPSA) is 72.2 Å². The summed E-state index contributed by atoms with van der Waals surface area (Å²) in [5.74, 6) is 0.960. The van der Waals surface area contributed by atoms with Gasteiger partial charge in [-0.3, -0.25) is 0 Å². The first-order valence-corrected chi connectivity index (χ1v) is 7.86. The van der Waals surface area contributed by atoms with Gasteiger partial charge >= 0.3 is 0 Å². The number of sulfonamides is 1. The van der Waals surface area contributed by atoms with Crippen LogP contribution in [0.1, 0.15) is 18.5 Å². The van der Waals surface area contributed by atoms with Gasteiger partial charge in [0.05, 0.1) is 4.21 Å². The minimum atomic E-state index is -3.55. The highest BCUT2D eigenvalue weighted by Crippen LogP contribution is 2.38. The number of nitrogens with one attached hydrogen (secondary N) is 1. The van der Waals surface area contributed by atoms with Crippen molar-refractivity contribution in [1.29, 1.82) is 0 Å². The first-order chi connectivity index (χ1) is 6.98. The van der Waals surface area contributed by atoms with Crippen LogP contribution in [0, 0.1) is 0 Å². The van der Waals surface area contributed by atoms with Crippen molar-refractivity contribution in [2.24, 2.45) is 5.14 Å². The molecule has 1 aliphatic rings. The highest BCUT2D eigenvalue weighted by atomic mass is 32.3. The van der Waals surface area contributed by atoms with E-state index >= 15 is 0 Å². The summed E-state index contributed by atoms with van der Waals surface area (Å²) >= 11 is 2.96. The molecule has 15 heavy (non-hydrogen) atoms. The maximum atomic E-state index is 11.2. The van der Waals surface area contributed by atoms with Crippen LogP contribution >= 0.6 is 23.1 Å². The molecule has 0 bridgehead atoms. The fourth-order valence-electron chi connectivity index (χ4n) is 1.45. The molecule has 2 heterocycles. The minimum Gasteiger partial charge on any atom is -0.309 e. The summed E-state index contributed by atoms with van der Waals surface area (Å²) in [7, 11) is -3.55. The second kappa shape index (κ2) is 4.06. The monoisotopic (exact) mass is 264 g/mol.